The van der Waals surface area contributed by atoms with E-state index in [1.54, 1.807) is 32.3 Å². The summed E-state index contributed by atoms with van der Waals surface area (Å²) in [5.74, 6) is -1.15. The van der Waals surface area contributed by atoms with Crippen molar-refractivity contribution in [3.8, 4) is 0 Å². The number of carbonyl (C=O) groups excluding carboxylic acids is 3. The number of rotatable bonds is 12. The zero-order valence-corrected chi connectivity index (χ0v) is 24.9. The minimum atomic E-state index is -1.19. The van der Waals surface area contributed by atoms with Gasteiger partial charge in [-0.2, -0.15) is 0 Å². The third-order valence-corrected chi connectivity index (χ3v) is 6.74. The minimum Gasteiger partial charge on any atom is -0.443 e. The first-order valence-electron chi connectivity index (χ1n) is 13.4. The van der Waals surface area contributed by atoms with Crippen molar-refractivity contribution < 1.29 is 24.2 Å². The molecular weight excluding hydrogens is 516 g/mol. The van der Waals surface area contributed by atoms with Gasteiger partial charge in [-0.15, -0.1) is 11.3 Å². The van der Waals surface area contributed by atoms with Crippen LogP contribution >= 0.6 is 11.3 Å². The zero-order chi connectivity index (χ0) is 29.3. The Labute approximate surface area is 236 Å². The fourth-order valence-electron chi connectivity index (χ4n) is 4.20. The highest BCUT2D eigenvalue weighted by Gasteiger charge is 2.41. The van der Waals surface area contributed by atoms with Crippen LogP contribution in [-0.4, -0.2) is 56.6 Å². The first-order valence-corrected chi connectivity index (χ1v) is 14.3. The lowest BCUT2D eigenvalue weighted by atomic mass is 9.96. The molecule has 4 N–H and O–H groups in total. The molecule has 0 aliphatic heterocycles. The Balaban J connectivity index is 2.43. The van der Waals surface area contributed by atoms with E-state index in [4.69, 9.17) is 10.5 Å². The highest BCUT2D eigenvalue weighted by atomic mass is 32.1. The van der Waals surface area contributed by atoms with Gasteiger partial charge in [-0.25, -0.2) is 14.7 Å². The highest BCUT2D eigenvalue weighted by Crippen LogP contribution is 2.25. The van der Waals surface area contributed by atoms with E-state index in [1.807, 2.05) is 58.0 Å². The number of hydrogen-bond acceptors (Lipinski definition) is 8. The van der Waals surface area contributed by atoms with Gasteiger partial charge in [-0.3, -0.25) is 9.59 Å². The van der Waals surface area contributed by atoms with Crippen LogP contribution in [0.2, 0.25) is 0 Å². The fourth-order valence-corrected chi connectivity index (χ4v) is 4.88. The summed E-state index contributed by atoms with van der Waals surface area (Å²) < 4.78 is 5.58. The van der Waals surface area contributed by atoms with E-state index in [0.29, 0.717) is 11.4 Å². The maximum Gasteiger partial charge on any atom is 0.417 e. The van der Waals surface area contributed by atoms with Gasteiger partial charge in [-0.05, 0) is 57.4 Å². The second-order valence-electron chi connectivity index (χ2n) is 11.7. The minimum absolute atomic E-state index is 0.0451. The maximum absolute atomic E-state index is 13.9. The number of carbonyl (C=O) groups is 3. The number of aliphatic hydroxyl groups is 1. The molecule has 0 radical (unpaired) electrons. The summed E-state index contributed by atoms with van der Waals surface area (Å²) in [6.07, 6.45) is 0.467. The van der Waals surface area contributed by atoms with Gasteiger partial charge < -0.3 is 20.9 Å². The van der Waals surface area contributed by atoms with Crippen molar-refractivity contribution in [2.24, 2.45) is 17.6 Å². The van der Waals surface area contributed by atoms with Crippen LogP contribution in [-0.2, 0) is 20.7 Å². The van der Waals surface area contributed by atoms with Crippen molar-refractivity contribution in [3.05, 3.63) is 52.5 Å². The maximum atomic E-state index is 13.9. The van der Waals surface area contributed by atoms with Gasteiger partial charge in [0.05, 0.1) is 12.1 Å². The molecular formula is C29H44N4O5S. The summed E-state index contributed by atoms with van der Waals surface area (Å²) in [6, 6.07) is 6.31. The monoisotopic (exact) mass is 560 g/mol. The first kappa shape index (κ1) is 32.4. The number of imide groups is 1. The molecule has 0 aliphatic carbocycles. The molecule has 0 bridgehead atoms. The second-order valence-corrected chi connectivity index (χ2v) is 12.6. The summed E-state index contributed by atoms with van der Waals surface area (Å²) in [7, 11) is 0. The molecule has 39 heavy (non-hydrogen) atoms. The van der Waals surface area contributed by atoms with Crippen LogP contribution < -0.4 is 11.1 Å². The molecule has 0 saturated heterocycles. The summed E-state index contributed by atoms with van der Waals surface area (Å²) in [4.78, 5) is 46.1. The van der Waals surface area contributed by atoms with E-state index in [-0.39, 0.29) is 24.7 Å². The van der Waals surface area contributed by atoms with Gasteiger partial charge in [-0.1, -0.05) is 58.0 Å². The average Bonchev–Trinajstić information content (AvgIpc) is 3.36. The van der Waals surface area contributed by atoms with Gasteiger partial charge in [0.25, 0.3) is 0 Å². The Morgan fingerprint density at radius 1 is 1.08 bits per heavy atom. The Bertz CT molecular complexity index is 1050. The van der Waals surface area contributed by atoms with Crippen molar-refractivity contribution >= 4 is 29.2 Å². The molecule has 4 atom stereocenters. The lowest BCUT2D eigenvalue weighted by Gasteiger charge is -2.35. The van der Waals surface area contributed by atoms with Crippen LogP contribution in [0.5, 0.6) is 0 Å². The Morgan fingerprint density at radius 2 is 1.69 bits per heavy atom. The van der Waals surface area contributed by atoms with Crippen LogP contribution in [0.4, 0.5) is 4.79 Å². The number of thiazole rings is 1. The number of aromatic nitrogens is 1. The number of nitrogens with two attached hydrogens (primary N) is 1. The standard InChI is InChI=1S/C29H44N4O5S/c1-18(2)15-22(24(34)26-31-13-14-39-26)32-25(35)23(16-19(3)4)33(28(37)38-29(5,6)7)27(36)21(30)17-20-11-9-8-10-12-20/h8-14,18-19,21-24,34H,15-17,30H2,1-7H3,(H,32,35)/t21-,22+,23-,24-/m0/s1. The van der Waals surface area contributed by atoms with Gasteiger partial charge in [0.1, 0.15) is 22.8 Å². The van der Waals surface area contributed by atoms with Crippen LogP contribution in [0.25, 0.3) is 0 Å². The Hall–Kier alpha value is -2.82. The molecule has 0 unspecified atom stereocenters. The molecule has 0 saturated carbocycles. The molecule has 0 fully saturated rings. The fraction of sp³-hybridized carbons (Fsp3) is 0.586. The van der Waals surface area contributed by atoms with E-state index >= 15 is 0 Å². The van der Waals surface area contributed by atoms with E-state index < -0.39 is 47.7 Å². The number of hydrogen-bond donors (Lipinski definition) is 3. The molecule has 0 aliphatic rings. The first-order chi connectivity index (χ1) is 18.2. The van der Waals surface area contributed by atoms with Crippen molar-refractivity contribution in [2.45, 2.75) is 97.6 Å². The van der Waals surface area contributed by atoms with Crippen molar-refractivity contribution in [1.29, 1.82) is 0 Å². The van der Waals surface area contributed by atoms with Crippen molar-refractivity contribution in [2.75, 3.05) is 0 Å². The van der Waals surface area contributed by atoms with Crippen LogP contribution in [0.3, 0.4) is 0 Å². The van der Waals surface area contributed by atoms with E-state index in [1.165, 1.54) is 11.3 Å². The summed E-state index contributed by atoms with van der Waals surface area (Å²) >= 11 is 1.29. The van der Waals surface area contributed by atoms with Gasteiger partial charge in [0.2, 0.25) is 11.8 Å². The van der Waals surface area contributed by atoms with Gasteiger partial charge >= 0.3 is 6.09 Å². The molecule has 216 valence electrons. The number of nitrogens with zero attached hydrogens (tertiary/aromatic N) is 2. The van der Waals surface area contributed by atoms with Gasteiger partial charge in [0, 0.05) is 11.6 Å². The lowest BCUT2D eigenvalue weighted by molar-refractivity contribution is -0.141. The predicted octanol–water partition coefficient (Wildman–Crippen LogP) is 4.46. The molecule has 0 spiro atoms. The highest BCUT2D eigenvalue weighted by molar-refractivity contribution is 7.09. The normalized spacial score (nSPS) is 14.9. The summed E-state index contributed by atoms with van der Waals surface area (Å²) in [5.41, 5.74) is 6.25. The number of aliphatic hydroxyl groups excluding tert-OH is 1. The van der Waals surface area contributed by atoms with Gasteiger partial charge in [0.15, 0.2) is 0 Å². The van der Waals surface area contributed by atoms with E-state index in [0.717, 1.165) is 10.5 Å². The van der Waals surface area contributed by atoms with Crippen molar-refractivity contribution in [1.82, 2.24) is 15.2 Å². The lowest BCUT2D eigenvalue weighted by Crippen LogP contribution is -2.59. The molecule has 1 aromatic heterocycles. The van der Waals surface area contributed by atoms with E-state index in [2.05, 4.69) is 10.3 Å². The third-order valence-electron chi connectivity index (χ3n) is 5.89. The quantitative estimate of drug-likeness (QED) is 0.349. The SMILES string of the molecule is CC(C)C[C@@H](NC(=O)[C@H](CC(C)C)N(C(=O)OC(C)(C)C)C(=O)[C@@H](N)Cc1ccccc1)[C@H](O)c1nccs1. The number of benzene rings is 1. The Morgan fingerprint density at radius 3 is 2.21 bits per heavy atom. The van der Waals surface area contributed by atoms with Crippen molar-refractivity contribution in [3.63, 3.8) is 0 Å². The van der Waals surface area contributed by atoms with Crippen LogP contribution in [0.15, 0.2) is 41.9 Å². The molecule has 1 heterocycles. The molecule has 2 rings (SSSR count). The van der Waals surface area contributed by atoms with Crippen LogP contribution in [0, 0.1) is 11.8 Å². The zero-order valence-electron chi connectivity index (χ0n) is 24.1. The largest absolute Gasteiger partial charge is 0.443 e. The molecule has 2 aromatic rings. The Kier molecular flexibility index (Phi) is 12.1. The molecule has 1 aromatic carbocycles. The number of ether oxygens (including phenoxy) is 1. The van der Waals surface area contributed by atoms with Crippen LogP contribution in [0.1, 0.15) is 78.0 Å². The van der Waals surface area contributed by atoms with E-state index in [9.17, 15) is 19.5 Å². The number of amides is 3. The third kappa shape index (κ3) is 10.3. The summed E-state index contributed by atoms with van der Waals surface area (Å²) in [6.45, 7) is 12.8. The smallest absolute Gasteiger partial charge is 0.417 e. The predicted molar refractivity (Wildman–Crippen MR) is 153 cm³/mol. The second kappa shape index (κ2) is 14.5. The number of nitrogens with one attached hydrogen (secondary N) is 1. The average molecular weight is 561 g/mol. The molecule has 3 amide bonds. The summed E-state index contributed by atoms with van der Waals surface area (Å²) in [5, 5.41) is 16.2. The molecule has 10 heteroatoms. The molecule has 9 nitrogen and oxygen atoms in total. The topological polar surface area (TPSA) is 135 Å².